The van der Waals surface area contributed by atoms with Crippen molar-refractivity contribution in [2.24, 2.45) is 0 Å². The van der Waals surface area contributed by atoms with E-state index in [2.05, 4.69) is 27.8 Å². The van der Waals surface area contributed by atoms with Gasteiger partial charge in [0.05, 0.1) is 5.56 Å². The average molecular weight is 262 g/mol. The van der Waals surface area contributed by atoms with Crippen LogP contribution in [0.2, 0.25) is 0 Å². The van der Waals surface area contributed by atoms with E-state index in [-0.39, 0.29) is 5.91 Å². The summed E-state index contributed by atoms with van der Waals surface area (Å²) in [5.41, 5.74) is 3.03. The van der Waals surface area contributed by atoms with Crippen molar-refractivity contribution in [2.75, 3.05) is 17.2 Å². The summed E-state index contributed by atoms with van der Waals surface area (Å²) in [7, 11) is 0. The molecule has 18 heavy (non-hydrogen) atoms. The van der Waals surface area contributed by atoms with E-state index in [1.807, 2.05) is 18.2 Å². The summed E-state index contributed by atoms with van der Waals surface area (Å²) in [6.45, 7) is 2.92. The van der Waals surface area contributed by atoms with E-state index in [0.29, 0.717) is 10.7 Å². The van der Waals surface area contributed by atoms with Gasteiger partial charge in [0.2, 0.25) is 5.13 Å². The Morgan fingerprint density at radius 1 is 1.39 bits per heavy atom. The summed E-state index contributed by atoms with van der Waals surface area (Å²) in [5.74, 6) is -0.175. The molecule has 0 fully saturated rings. The highest BCUT2D eigenvalue weighted by atomic mass is 32.1. The van der Waals surface area contributed by atoms with Crippen LogP contribution in [0.15, 0.2) is 29.8 Å². The van der Waals surface area contributed by atoms with Crippen molar-refractivity contribution >= 4 is 28.1 Å². The second kappa shape index (κ2) is 6.11. The predicted molar refractivity (Wildman–Crippen MR) is 73.1 cm³/mol. The molecule has 2 rings (SSSR count). The quantitative estimate of drug-likeness (QED) is 0.869. The first-order chi connectivity index (χ1) is 8.81. The number of carbonyl (C=O) groups is 1. The molecule has 0 saturated carbocycles. The monoisotopic (exact) mass is 262 g/mol. The molecule has 0 aliphatic heterocycles. The van der Waals surface area contributed by atoms with E-state index < -0.39 is 0 Å². The van der Waals surface area contributed by atoms with E-state index in [1.165, 1.54) is 11.3 Å². The molecular weight excluding hydrogens is 248 g/mol. The summed E-state index contributed by atoms with van der Waals surface area (Å²) in [5, 5.41) is 13.9. The van der Waals surface area contributed by atoms with Crippen molar-refractivity contribution in [2.45, 2.75) is 13.3 Å². The van der Waals surface area contributed by atoms with Crippen LogP contribution in [-0.4, -0.2) is 22.6 Å². The fourth-order valence-electron chi connectivity index (χ4n) is 1.49. The zero-order valence-corrected chi connectivity index (χ0v) is 10.8. The fraction of sp³-hybridized carbons (Fsp3) is 0.250. The molecule has 0 unspecified atom stereocenters. The predicted octanol–water partition coefficient (Wildman–Crippen LogP) is 2.61. The summed E-state index contributed by atoms with van der Waals surface area (Å²) in [4.78, 5) is 12.1. The molecule has 0 spiro atoms. The molecule has 6 heteroatoms. The first-order valence-corrected chi connectivity index (χ1v) is 6.59. The van der Waals surface area contributed by atoms with Crippen molar-refractivity contribution in [3.05, 3.63) is 35.3 Å². The summed E-state index contributed by atoms with van der Waals surface area (Å²) in [6.07, 6.45) is 1.01. The highest BCUT2D eigenvalue weighted by Gasteiger charge is 2.11. The Morgan fingerprint density at radius 2 is 2.22 bits per heavy atom. The fourth-order valence-corrected chi connectivity index (χ4v) is 1.93. The Bertz CT molecular complexity index is 513. The smallest absolute Gasteiger partial charge is 0.259 e. The molecule has 5 nitrogen and oxygen atoms in total. The van der Waals surface area contributed by atoms with Crippen LogP contribution in [0.3, 0.4) is 0 Å². The summed E-state index contributed by atoms with van der Waals surface area (Å²) < 4.78 is 0. The molecule has 1 heterocycles. The molecule has 94 valence electrons. The number of aromatic nitrogens is 2. The van der Waals surface area contributed by atoms with Gasteiger partial charge < -0.3 is 5.32 Å². The highest BCUT2D eigenvalue weighted by Crippen LogP contribution is 2.17. The van der Waals surface area contributed by atoms with Gasteiger partial charge in [-0.25, -0.2) is 0 Å². The SMILES string of the molecule is CCCNc1ccccc1C(=O)Nc1nncs1. The molecule has 1 amide bonds. The zero-order chi connectivity index (χ0) is 12.8. The third kappa shape index (κ3) is 3.04. The zero-order valence-electron chi connectivity index (χ0n) is 10.0. The molecule has 2 N–H and O–H groups in total. The Balaban J connectivity index is 2.13. The van der Waals surface area contributed by atoms with Crippen LogP contribution in [-0.2, 0) is 0 Å². The molecule has 1 aromatic heterocycles. The second-order valence-electron chi connectivity index (χ2n) is 3.67. The molecule has 0 radical (unpaired) electrons. The van der Waals surface area contributed by atoms with Crippen molar-refractivity contribution in [1.82, 2.24) is 10.2 Å². The summed E-state index contributed by atoms with van der Waals surface area (Å²) in [6, 6.07) is 7.42. The van der Waals surface area contributed by atoms with Crippen LogP contribution < -0.4 is 10.6 Å². The van der Waals surface area contributed by atoms with Crippen LogP contribution >= 0.6 is 11.3 Å². The molecular formula is C12H14N4OS. The Hall–Kier alpha value is -1.95. The van der Waals surface area contributed by atoms with Gasteiger partial charge in [0, 0.05) is 12.2 Å². The Kier molecular flexibility index (Phi) is 4.25. The lowest BCUT2D eigenvalue weighted by Gasteiger charge is -2.10. The van der Waals surface area contributed by atoms with Crippen LogP contribution in [0.1, 0.15) is 23.7 Å². The van der Waals surface area contributed by atoms with Gasteiger partial charge in [-0.15, -0.1) is 10.2 Å². The third-order valence-corrected chi connectivity index (χ3v) is 2.92. The average Bonchev–Trinajstić information content (AvgIpc) is 2.89. The topological polar surface area (TPSA) is 66.9 Å². The van der Waals surface area contributed by atoms with Crippen molar-refractivity contribution in [1.29, 1.82) is 0 Å². The summed E-state index contributed by atoms with van der Waals surface area (Å²) >= 11 is 1.30. The Labute approximate surface area is 109 Å². The highest BCUT2D eigenvalue weighted by molar-refractivity contribution is 7.13. The molecule has 0 bridgehead atoms. The molecule has 0 aliphatic rings. The standard InChI is InChI=1S/C12H14N4OS/c1-2-7-13-10-6-4-3-5-9(10)11(17)15-12-16-14-8-18-12/h3-6,8,13H,2,7H2,1H3,(H,15,16,17). The lowest BCUT2D eigenvalue weighted by molar-refractivity contribution is 0.102. The number of carbonyl (C=O) groups excluding carboxylic acids is 1. The number of para-hydroxylation sites is 1. The number of nitrogens with zero attached hydrogens (tertiary/aromatic N) is 2. The van der Waals surface area contributed by atoms with Gasteiger partial charge in [-0.3, -0.25) is 10.1 Å². The second-order valence-corrected chi connectivity index (χ2v) is 4.50. The number of hydrogen-bond acceptors (Lipinski definition) is 5. The van der Waals surface area contributed by atoms with Gasteiger partial charge in [-0.05, 0) is 18.6 Å². The number of amides is 1. The van der Waals surface area contributed by atoms with E-state index >= 15 is 0 Å². The maximum absolute atomic E-state index is 12.1. The van der Waals surface area contributed by atoms with Gasteiger partial charge in [0.1, 0.15) is 5.51 Å². The minimum Gasteiger partial charge on any atom is -0.384 e. The number of hydrogen-bond donors (Lipinski definition) is 2. The van der Waals surface area contributed by atoms with Gasteiger partial charge in [0.15, 0.2) is 0 Å². The Morgan fingerprint density at radius 3 is 2.94 bits per heavy atom. The lowest BCUT2D eigenvalue weighted by Crippen LogP contribution is -2.15. The normalized spacial score (nSPS) is 10.1. The molecule has 2 aromatic rings. The molecule has 0 saturated heterocycles. The van der Waals surface area contributed by atoms with Crippen molar-refractivity contribution in [3.63, 3.8) is 0 Å². The van der Waals surface area contributed by atoms with E-state index in [1.54, 1.807) is 11.6 Å². The largest absolute Gasteiger partial charge is 0.384 e. The minimum atomic E-state index is -0.175. The van der Waals surface area contributed by atoms with Crippen LogP contribution in [0.5, 0.6) is 0 Å². The van der Waals surface area contributed by atoms with Gasteiger partial charge in [-0.2, -0.15) is 0 Å². The first-order valence-electron chi connectivity index (χ1n) is 5.71. The number of rotatable bonds is 5. The van der Waals surface area contributed by atoms with Gasteiger partial charge in [0.25, 0.3) is 5.91 Å². The first kappa shape index (κ1) is 12.5. The van der Waals surface area contributed by atoms with Crippen LogP contribution in [0, 0.1) is 0 Å². The lowest BCUT2D eigenvalue weighted by atomic mass is 10.1. The van der Waals surface area contributed by atoms with Crippen LogP contribution in [0.4, 0.5) is 10.8 Å². The van der Waals surface area contributed by atoms with Crippen molar-refractivity contribution in [3.8, 4) is 0 Å². The van der Waals surface area contributed by atoms with E-state index in [9.17, 15) is 4.79 Å². The van der Waals surface area contributed by atoms with E-state index in [4.69, 9.17) is 0 Å². The third-order valence-electron chi connectivity index (χ3n) is 2.32. The maximum Gasteiger partial charge on any atom is 0.259 e. The number of anilines is 2. The number of nitrogens with one attached hydrogen (secondary N) is 2. The molecule has 1 aromatic carbocycles. The van der Waals surface area contributed by atoms with Crippen molar-refractivity contribution < 1.29 is 4.79 Å². The molecule has 0 aliphatic carbocycles. The van der Waals surface area contributed by atoms with Crippen LogP contribution in [0.25, 0.3) is 0 Å². The van der Waals surface area contributed by atoms with Gasteiger partial charge in [-0.1, -0.05) is 30.4 Å². The maximum atomic E-state index is 12.1. The number of benzene rings is 1. The minimum absolute atomic E-state index is 0.175. The molecule has 0 atom stereocenters. The van der Waals surface area contributed by atoms with Gasteiger partial charge >= 0.3 is 0 Å². The van der Waals surface area contributed by atoms with E-state index in [0.717, 1.165) is 18.7 Å².